The zero-order valence-electron chi connectivity index (χ0n) is 14.3. The van der Waals surface area contributed by atoms with Crippen molar-refractivity contribution in [3.63, 3.8) is 0 Å². The Morgan fingerprint density at radius 1 is 1.22 bits per heavy atom. The van der Waals surface area contributed by atoms with E-state index in [1.165, 1.54) is 40.5 Å². The summed E-state index contributed by atoms with van der Waals surface area (Å²) in [5, 5.41) is 1.10. The maximum absolute atomic E-state index is 13.2. The molecule has 0 bridgehead atoms. The highest BCUT2D eigenvalue weighted by molar-refractivity contribution is 7.23. The van der Waals surface area contributed by atoms with Crippen molar-refractivity contribution in [3.8, 4) is 0 Å². The number of furan rings is 1. The van der Waals surface area contributed by atoms with Gasteiger partial charge in [0.15, 0.2) is 5.13 Å². The second-order valence-electron chi connectivity index (χ2n) is 6.02. The molecule has 0 atom stereocenters. The van der Waals surface area contributed by atoms with Crippen molar-refractivity contribution in [2.24, 2.45) is 0 Å². The van der Waals surface area contributed by atoms with Crippen molar-refractivity contribution in [3.05, 3.63) is 82.5 Å². The Balaban J connectivity index is 1.80. The van der Waals surface area contributed by atoms with Gasteiger partial charge in [0, 0.05) is 5.56 Å². The summed E-state index contributed by atoms with van der Waals surface area (Å²) in [6.07, 6.45) is 1.55. The van der Waals surface area contributed by atoms with Gasteiger partial charge in [0.25, 0.3) is 5.91 Å². The molecular formula is C20H14ClFN2O2S. The molecule has 2 heterocycles. The molecule has 7 heteroatoms. The van der Waals surface area contributed by atoms with E-state index in [2.05, 4.69) is 4.98 Å². The maximum Gasteiger partial charge on any atom is 0.260 e. The Morgan fingerprint density at radius 2 is 2.00 bits per heavy atom. The van der Waals surface area contributed by atoms with Crippen molar-refractivity contribution in [1.82, 2.24) is 4.98 Å². The number of fused-ring (bicyclic) bond motifs is 1. The Kier molecular flexibility index (Phi) is 4.68. The molecule has 2 aromatic heterocycles. The molecule has 0 saturated heterocycles. The first-order valence-corrected chi connectivity index (χ1v) is 9.38. The molecule has 0 N–H and O–H groups in total. The van der Waals surface area contributed by atoms with Crippen molar-refractivity contribution < 1.29 is 13.6 Å². The lowest BCUT2D eigenvalue weighted by molar-refractivity contribution is 0.0983. The highest BCUT2D eigenvalue weighted by Crippen LogP contribution is 2.36. The van der Waals surface area contributed by atoms with Crippen LogP contribution in [0, 0.1) is 12.7 Å². The third-order valence-electron chi connectivity index (χ3n) is 4.15. The van der Waals surface area contributed by atoms with Gasteiger partial charge >= 0.3 is 0 Å². The van der Waals surface area contributed by atoms with Crippen molar-refractivity contribution in [2.45, 2.75) is 13.5 Å². The number of amides is 1. The number of benzene rings is 2. The van der Waals surface area contributed by atoms with E-state index in [1.807, 2.05) is 19.1 Å². The molecule has 4 rings (SSSR count). The fraction of sp³-hybridized carbons (Fsp3) is 0.100. The topological polar surface area (TPSA) is 46.3 Å². The van der Waals surface area contributed by atoms with Crippen molar-refractivity contribution in [2.75, 3.05) is 4.90 Å². The third kappa shape index (κ3) is 3.46. The number of thiazole rings is 1. The van der Waals surface area contributed by atoms with Gasteiger partial charge in [-0.15, -0.1) is 0 Å². The Hall–Kier alpha value is -2.70. The van der Waals surface area contributed by atoms with E-state index < -0.39 is 5.82 Å². The average molecular weight is 401 g/mol. The lowest BCUT2D eigenvalue weighted by Crippen LogP contribution is -2.30. The van der Waals surface area contributed by atoms with Gasteiger partial charge in [0.2, 0.25) is 0 Å². The van der Waals surface area contributed by atoms with Crippen LogP contribution in [0.25, 0.3) is 10.2 Å². The molecule has 1 amide bonds. The molecule has 0 saturated carbocycles. The minimum absolute atomic E-state index is 0.208. The highest BCUT2D eigenvalue weighted by atomic mass is 35.5. The lowest BCUT2D eigenvalue weighted by atomic mass is 10.2. The second-order valence-corrected chi connectivity index (χ2v) is 7.40. The van der Waals surface area contributed by atoms with Crippen LogP contribution in [0.1, 0.15) is 21.7 Å². The number of aryl methyl sites for hydroxylation is 1. The number of rotatable bonds is 4. The molecule has 0 fully saturated rings. The number of hydrogen-bond donors (Lipinski definition) is 0. The van der Waals surface area contributed by atoms with Crippen LogP contribution in [0.2, 0.25) is 5.02 Å². The first-order valence-electron chi connectivity index (χ1n) is 8.18. The average Bonchev–Trinajstić information content (AvgIpc) is 3.33. The van der Waals surface area contributed by atoms with Crippen LogP contribution in [0.4, 0.5) is 9.52 Å². The minimum atomic E-state index is -0.397. The highest BCUT2D eigenvalue weighted by Gasteiger charge is 2.23. The molecule has 2 aromatic carbocycles. The molecule has 0 aliphatic heterocycles. The van der Waals surface area contributed by atoms with Crippen LogP contribution in [0.15, 0.2) is 59.2 Å². The number of nitrogens with zero attached hydrogens (tertiary/aromatic N) is 2. The van der Waals surface area contributed by atoms with Gasteiger partial charge in [-0.1, -0.05) is 29.0 Å². The van der Waals surface area contributed by atoms with E-state index in [0.717, 1.165) is 15.8 Å². The van der Waals surface area contributed by atoms with Gasteiger partial charge in [-0.2, -0.15) is 0 Å². The Morgan fingerprint density at radius 3 is 2.67 bits per heavy atom. The van der Waals surface area contributed by atoms with Gasteiger partial charge in [0.05, 0.1) is 28.0 Å². The van der Waals surface area contributed by atoms with Gasteiger partial charge in [0.1, 0.15) is 11.6 Å². The molecule has 0 spiro atoms. The predicted octanol–water partition coefficient (Wildman–Crippen LogP) is 5.84. The van der Waals surface area contributed by atoms with E-state index in [0.29, 0.717) is 21.5 Å². The number of anilines is 1. The van der Waals surface area contributed by atoms with Crippen LogP contribution in [0.3, 0.4) is 0 Å². The van der Waals surface area contributed by atoms with Crippen LogP contribution >= 0.6 is 22.9 Å². The summed E-state index contributed by atoms with van der Waals surface area (Å²) in [4.78, 5) is 19.3. The molecule has 0 aliphatic carbocycles. The first kappa shape index (κ1) is 17.7. The summed E-state index contributed by atoms with van der Waals surface area (Å²) in [5.41, 5.74) is 2.10. The van der Waals surface area contributed by atoms with Gasteiger partial charge in [-0.05, 0) is 55.0 Å². The first-order chi connectivity index (χ1) is 13.0. The van der Waals surface area contributed by atoms with E-state index in [-0.39, 0.29) is 12.5 Å². The lowest BCUT2D eigenvalue weighted by Gasteiger charge is -2.18. The summed E-state index contributed by atoms with van der Waals surface area (Å²) in [7, 11) is 0. The number of hydrogen-bond acceptors (Lipinski definition) is 4. The van der Waals surface area contributed by atoms with Crippen LogP contribution in [0.5, 0.6) is 0 Å². The monoisotopic (exact) mass is 400 g/mol. The summed E-state index contributed by atoms with van der Waals surface area (Å²) in [6, 6.07) is 12.7. The second kappa shape index (κ2) is 7.13. The van der Waals surface area contributed by atoms with E-state index in [1.54, 1.807) is 18.4 Å². The van der Waals surface area contributed by atoms with Crippen molar-refractivity contribution in [1.29, 1.82) is 0 Å². The zero-order valence-corrected chi connectivity index (χ0v) is 15.9. The molecule has 0 radical (unpaired) electrons. The fourth-order valence-electron chi connectivity index (χ4n) is 2.74. The molecule has 0 unspecified atom stereocenters. The number of carbonyl (C=O) groups is 1. The summed E-state index contributed by atoms with van der Waals surface area (Å²) < 4.78 is 19.5. The molecule has 4 aromatic rings. The fourth-order valence-corrected chi connectivity index (χ4v) is 4.05. The largest absolute Gasteiger partial charge is 0.467 e. The normalized spacial score (nSPS) is 11.1. The summed E-state index contributed by atoms with van der Waals surface area (Å²) in [6.45, 7) is 2.15. The SMILES string of the molecule is Cc1ccc(Cl)c2sc(N(Cc3ccco3)C(=O)c3ccc(F)cc3)nc12. The van der Waals surface area contributed by atoms with Crippen LogP contribution < -0.4 is 4.90 Å². The van der Waals surface area contributed by atoms with Crippen molar-refractivity contribution >= 4 is 44.2 Å². The predicted molar refractivity (Wildman–Crippen MR) is 105 cm³/mol. The molecule has 136 valence electrons. The quantitative estimate of drug-likeness (QED) is 0.432. The minimum Gasteiger partial charge on any atom is -0.467 e. The van der Waals surface area contributed by atoms with Crippen LogP contribution in [-0.4, -0.2) is 10.9 Å². The third-order valence-corrected chi connectivity index (χ3v) is 5.69. The standard InChI is InChI=1S/C20H14ClFN2O2S/c1-12-4-9-16(21)18-17(12)23-20(27-18)24(11-15-3-2-10-26-15)19(25)13-5-7-14(22)8-6-13/h2-10H,11H2,1H3. The number of carbonyl (C=O) groups excluding carboxylic acids is 1. The smallest absolute Gasteiger partial charge is 0.260 e. The maximum atomic E-state index is 13.2. The van der Waals surface area contributed by atoms with Crippen LogP contribution in [-0.2, 0) is 6.54 Å². The summed E-state index contributed by atoms with van der Waals surface area (Å²) in [5.74, 6) is -0.0710. The molecule has 4 nitrogen and oxygen atoms in total. The van der Waals surface area contributed by atoms with E-state index >= 15 is 0 Å². The van der Waals surface area contributed by atoms with E-state index in [9.17, 15) is 9.18 Å². The zero-order chi connectivity index (χ0) is 19.0. The number of halogens is 2. The summed E-state index contributed by atoms with van der Waals surface area (Å²) >= 11 is 7.65. The van der Waals surface area contributed by atoms with E-state index in [4.69, 9.17) is 16.0 Å². The molecule has 27 heavy (non-hydrogen) atoms. The van der Waals surface area contributed by atoms with Gasteiger partial charge in [-0.25, -0.2) is 9.37 Å². The Bertz CT molecular complexity index is 1070. The molecular weight excluding hydrogens is 387 g/mol. The molecule has 0 aliphatic rings. The number of aromatic nitrogens is 1. The van der Waals surface area contributed by atoms with Gasteiger partial charge < -0.3 is 4.42 Å². The Labute approximate surface area is 163 Å². The van der Waals surface area contributed by atoms with Gasteiger partial charge in [-0.3, -0.25) is 9.69 Å².